The van der Waals surface area contributed by atoms with Gasteiger partial charge in [0.2, 0.25) is 5.91 Å². The zero-order valence-electron chi connectivity index (χ0n) is 27.9. The number of hydrogen-bond donors (Lipinski definition) is 2. The molecular formula is C36H42F3N5O4. The van der Waals surface area contributed by atoms with Gasteiger partial charge in [-0.2, -0.15) is 13.2 Å². The van der Waals surface area contributed by atoms with Crippen molar-refractivity contribution in [1.82, 2.24) is 24.2 Å². The summed E-state index contributed by atoms with van der Waals surface area (Å²) in [6, 6.07) is 4.33. The second-order valence-electron chi connectivity index (χ2n) is 13.3. The van der Waals surface area contributed by atoms with Gasteiger partial charge >= 0.3 is 12.1 Å². The van der Waals surface area contributed by atoms with Gasteiger partial charge in [0, 0.05) is 43.0 Å². The monoisotopic (exact) mass is 665 g/mol. The molecule has 48 heavy (non-hydrogen) atoms. The van der Waals surface area contributed by atoms with E-state index in [4.69, 9.17) is 0 Å². The molecule has 12 heteroatoms. The predicted octanol–water partition coefficient (Wildman–Crippen LogP) is 6.27. The third kappa shape index (κ3) is 7.64. The van der Waals surface area contributed by atoms with Crippen LogP contribution in [0.4, 0.5) is 13.2 Å². The lowest BCUT2D eigenvalue weighted by Gasteiger charge is -2.31. The first-order valence-corrected chi connectivity index (χ1v) is 16.2. The molecule has 3 aromatic heterocycles. The molecule has 9 nitrogen and oxygen atoms in total. The van der Waals surface area contributed by atoms with E-state index in [0.717, 1.165) is 51.9 Å². The summed E-state index contributed by atoms with van der Waals surface area (Å²) in [6.07, 6.45) is 2.27. The minimum atomic E-state index is -4.73. The van der Waals surface area contributed by atoms with Crippen molar-refractivity contribution in [2.75, 3.05) is 19.6 Å². The van der Waals surface area contributed by atoms with Crippen LogP contribution < -0.4 is 10.9 Å². The first-order valence-electron chi connectivity index (χ1n) is 16.2. The third-order valence-electron chi connectivity index (χ3n) is 9.00. The van der Waals surface area contributed by atoms with E-state index in [1.54, 1.807) is 23.0 Å². The second-order valence-corrected chi connectivity index (χ2v) is 13.3. The molecule has 1 aliphatic heterocycles. The van der Waals surface area contributed by atoms with Crippen molar-refractivity contribution in [3.8, 4) is 11.1 Å². The molecule has 0 aliphatic carbocycles. The smallest absolute Gasteiger partial charge is 0.416 e. The Labute approximate surface area is 277 Å². The van der Waals surface area contributed by atoms with Crippen molar-refractivity contribution in [2.45, 2.75) is 78.6 Å². The molecule has 1 aliphatic rings. The number of pyridine rings is 2. The van der Waals surface area contributed by atoms with Crippen LogP contribution in [-0.2, 0) is 22.2 Å². The average Bonchev–Trinajstić information content (AvgIpc) is 3.43. The normalized spacial score (nSPS) is 15.0. The number of halogens is 3. The maximum atomic E-state index is 14.1. The number of carbonyl (C=O) groups excluding carboxylic acids is 1. The molecule has 1 saturated heterocycles. The Morgan fingerprint density at radius 1 is 1.04 bits per heavy atom. The number of benzene rings is 1. The zero-order valence-corrected chi connectivity index (χ0v) is 27.9. The number of aliphatic carboxylic acids is 1. The highest BCUT2D eigenvalue weighted by Crippen LogP contribution is 2.35. The number of carbonyl (C=O) groups is 2. The fourth-order valence-corrected chi connectivity index (χ4v) is 6.70. The number of alkyl halides is 3. The number of carboxylic acids is 1. The summed E-state index contributed by atoms with van der Waals surface area (Å²) in [6.45, 7) is 11.7. The summed E-state index contributed by atoms with van der Waals surface area (Å²) in [5, 5.41) is 12.8. The second kappa shape index (κ2) is 14.0. The van der Waals surface area contributed by atoms with Gasteiger partial charge < -0.3 is 24.3 Å². The number of nitrogens with zero attached hydrogens (tertiary/aromatic N) is 4. The van der Waals surface area contributed by atoms with Crippen LogP contribution >= 0.6 is 0 Å². The molecular weight excluding hydrogens is 623 g/mol. The molecule has 1 fully saturated rings. The van der Waals surface area contributed by atoms with Gasteiger partial charge in [-0.05, 0) is 92.9 Å². The minimum Gasteiger partial charge on any atom is -0.481 e. The van der Waals surface area contributed by atoms with Crippen molar-refractivity contribution < 1.29 is 27.9 Å². The third-order valence-corrected chi connectivity index (χ3v) is 9.00. The van der Waals surface area contributed by atoms with Gasteiger partial charge in [0.25, 0.3) is 5.56 Å². The average molecular weight is 666 g/mol. The number of nitrogens with one attached hydrogen (secondary N) is 1. The van der Waals surface area contributed by atoms with E-state index in [1.165, 1.54) is 6.20 Å². The summed E-state index contributed by atoms with van der Waals surface area (Å²) in [5.74, 6) is -1.92. The molecule has 5 rings (SSSR count). The highest BCUT2D eigenvalue weighted by Gasteiger charge is 2.36. The number of amides is 1. The van der Waals surface area contributed by atoms with Crippen molar-refractivity contribution >= 4 is 17.5 Å². The number of imidazole rings is 1. The van der Waals surface area contributed by atoms with Gasteiger partial charge in [-0.25, -0.2) is 4.98 Å². The van der Waals surface area contributed by atoms with Crippen molar-refractivity contribution in [3.63, 3.8) is 0 Å². The minimum absolute atomic E-state index is 0.0586. The number of likely N-dealkylation sites (tertiary alicyclic amines) is 1. The number of rotatable bonds is 12. The Morgan fingerprint density at radius 2 is 1.73 bits per heavy atom. The van der Waals surface area contributed by atoms with E-state index >= 15 is 0 Å². The van der Waals surface area contributed by atoms with Gasteiger partial charge in [-0.3, -0.25) is 14.4 Å². The predicted molar refractivity (Wildman–Crippen MR) is 177 cm³/mol. The Bertz CT molecular complexity index is 1870. The van der Waals surface area contributed by atoms with Crippen molar-refractivity contribution in [2.24, 2.45) is 5.92 Å². The lowest BCUT2D eigenvalue weighted by molar-refractivity contribution is -0.139. The molecule has 0 saturated carbocycles. The number of fused-ring (bicyclic) bond motifs is 1. The van der Waals surface area contributed by atoms with Crippen LogP contribution in [0.2, 0.25) is 0 Å². The Hall–Kier alpha value is -4.45. The molecule has 1 amide bonds. The van der Waals surface area contributed by atoms with Crippen molar-refractivity contribution in [1.29, 1.82) is 0 Å². The lowest BCUT2D eigenvalue weighted by Crippen LogP contribution is -2.41. The summed E-state index contributed by atoms with van der Waals surface area (Å²) >= 11 is 0. The van der Waals surface area contributed by atoms with Crippen LogP contribution in [0.1, 0.15) is 78.6 Å². The summed E-state index contributed by atoms with van der Waals surface area (Å²) < 4.78 is 45.0. The van der Waals surface area contributed by atoms with E-state index in [1.807, 2.05) is 45.6 Å². The quantitative estimate of drug-likeness (QED) is 0.185. The molecule has 0 bridgehead atoms. The van der Waals surface area contributed by atoms with Gasteiger partial charge in [-0.15, -0.1) is 0 Å². The largest absolute Gasteiger partial charge is 0.481 e. The number of aryl methyl sites for hydroxylation is 3. The van der Waals surface area contributed by atoms with E-state index < -0.39 is 47.7 Å². The molecule has 0 spiro atoms. The Balaban J connectivity index is 1.56. The van der Waals surface area contributed by atoms with Gasteiger partial charge in [0.1, 0.15) is 11.7 Å². The van der Waals surface area contributed by atoms with Crippen molar-refractivity contribution in [3.05, 3.63) is 92.8 Å². The van der Waals surface area contributed by atoms with Crippen LogP contribution in [0.15, 0.2) is 53.8 Å². The van der Waals surface area contributed by atoms with Gasteiger partial charge in [0.15, 0.2) is 0 Å². The Morgan fingerprint density at radius 3 is 2.31 bits per heavy atom. The number of aromatic nitrogens is 3. The maximum absolute atomic E-state index is 14.1. The van der Waals surface area contributed by atoms with E-state index in [2.05, 4.69) is 22.4 Å². The number of carboxylic acid groups (broad SMARTS) is 1. The SMILES string of the molecule is Cc1cc(C)c(-c2cc(C(CC(=O)O)NC(=O)[C@@H](CC(C)C)n3cc(CCN4CCC4)c(C(F)(F)F)cc3=O)cn3ccnc23)c(C)c1. The first kappa shape index (κ1) is 34.9. The molecule has 4 heterocycles. The molecule has 2 N–H and O–H groups in total. The van der Waals surface area contributed by atoms with E-state index in [9.17, 15) is 32.7 Å². The molecule has 1 unspecified atom stereocenters. The standard InChI is InChI=1S/C36H42F3N5O4/c1-21(2)13-30(44-20-25(7-11-42-9-6-10-42)28(17-31(44)45)36(37,38)39)35(48)41-29(18-32(46)47)26-16-27(34-40-8-12-43(34)19-26)33-23(4)14-22(3)15-24(33)5/h8,12,14-17,19-21,29-30H,6-7,9-11,13,18H2,1-5H3,(H,41,48)(H,46,47)/t29?,30-/m1/s1. The van der Waals surface area contributed by atoms with Gasteiger partial charge in [0.05, 0.1) is 18.0 Å². The molecule has 0 radical (unpaired) electrons. The van der Waals surface area contributed by atoms with Crippen LogP contribution in [0.5, 0.6) is 0 Å². The highest BCUT2D eigenvalue weighted by molar-refractivity contribution is 5.84. The number of hydrogen-bond acceptors (Lipinski definition) is 5. The van der Waals surface area contributed by atoms with Crippen LogP contribution in [0, 0.1) is 26.7 Å². The molecule has 256 valence electrons. The van der Waals surface area contributed by atoms with E-state index in [-0.39, 0.29) is 24.3 Å². The highest BCUT2D eigenvalue weighted by atomic mass is 19.4. The summed E-state index contributed by atoms with van der Waals surface area (Å²) in [7, 11) is 0. The van der Waals surface area contributed by atoms with Crippen LogP contribution in [-0.4, -0.2) is 55.5 Å². The molecule has 1 aromatic carbocycles. The summed E-state index contributed by atoms with van der Waals surface area (Å²) in [5.41, 5.74) is 3.99. The first-order chi connectivity index (χ1) is 22.6. The van der Waals surface area contributed by atoms with E-state index in [0.29, 0.717) is 23.8 Å². The lowest BCUT2D eigenvalue weighted by atomic mass is 9.92. The van der Waals surface area contributed by atoms with Crippen LogP contribution in [0.3, 0.4) is 0 Å². The zero-order chi connectivity index (χ0) is 34.9. The fraction of sp³-hybridized carbons (Fsp3) is 0.444. The fourth-order valence-electron chi connectivity index (χ4n) is 6.70. The Kier molecular flexibility index (Phi) is 10.1. The summed E-state index contributed by atoms with van der Waals surface area (Å²) in [4.78, 5) is 46.1. The molecule has 4 aromatic rings. The topological polar surface area (TPSA) is 109 Å². The maximum Gasteiger partial charge on any atom is 0.416 e. The van der Waals surface area contributed by atoms with Crippen LogP contribution in [0.25, 0.3) is 16.8 Å². The van der Waals surface area contributed by atoms with Gasteiger partial charge in [-0.1, -0.05) is 31.5 Å². The molecule has 2 atom stereocenters.